The van der Waals surface area contributed by atoms with Crippen molar-refractivity contribution >= 4 is 23.7 Å². The van der Waals surface area contributed by atoms with Crippen LogP contribution in [0.15, 0.2) is 12.7 Å². The fourth-order valence-electron chi connectivity index (χ4n) is 9.56. The van der Waals surface area contributed by atoms with E-state index in [1.54, 1.807) is 68.4 Å². The van der Waals surface area contributed by atoms with Gasteiger partial charge in [0.15, 0.2) is 24.8 Å². The van der Waals surface area contributed by atoms with E-state index >= 15 is 0 Å². The first-order valence-corrected chi connectivity index (χ1v) is 22.5. The lowest BCUT2D eigenvalue weighted by Crippen LogP contribution is -2.62. The second kappa shape index (κ2) is 22.6. The number of aliphatic hydroxyl groups is 2. The van der Waals surface area contributed by atoms with Crippen molar-refractivity contribution in [2.24, 2.45) is 23.7 Å². The Balaban J connectivity index is 2.34. The SMILES string of the molecule is C=CCO[C@@]1(C)C[C@@H](C)C(=O)[C@@H](C)[C@@H](O)[C@](C)(O)[C@H](CC)OC(=O)[C@H](C)[C@@H](O[C@H]2C[C@@](C)(OC)[C@@H](OC(=O)CC)[C@H](C)O2)[C@H](C)[C@H]1O[C@@H]1O[C@H](C)C[C@H](N(C)C)[C@H]1OC(=O)CC. The summed E-state index contributed by atoms with van der Waals surface area (Å²) >= 11 is 0. The van der Waals surface area contributed by atoms with Crippen LogP contribution in [0.1, 0.15) is 122 Å². The van der Waals surface area contributed by atoms with Crippen LogP contribution in [0.4, 0.5) is 0 Å². The molecule has 3 rings (SSSR count). The molecule has 0 saturated carbocycles. The molecule has 358 valence electrons. The van der Waals surface area contributed by atoms with E-state index < -0.39 is 114 Å². The highest BCUT2D eigenvalue weighted by Crippen LogP contribution is 2.43. The molecule has 3 saturated heterocycles. The second-order valence-electron chi connectivity index (χ2n) is 18.7. The number of carbonyl (C=O) groups is 4. The minimum absolute atomic E-state index is 0.0298. The van der Waals surface area contributed by atoms with Gasteiger partial charge in [0.25, 0.3) is 0 Å². The van der Waals surface area contributed by atoms with E-state index in [0.717, 1.165) is 0 Å². The molecule has 0 spiro atoms. The third-order valence-corrected chi connectivity index (χ3v) is 13.4. The number of Topliss-reactive ketones (excluding diaryl/α,β-unsaturated/α-hetero) is 1. The molecule has 0 bridgehead atoms. The highest BCUT2D eigenvalue weighted by Gasteiger charge is 2.55. The Morgan fingerprint density at radius 2 is 1.48 bits per heavy atom. The van der Waals surface area contributed by atoms with E-state index in [2.05, 4.69) is 6.58 Å². The van der Waals surface area contributed by atoms with E-state index in [-0.39, 0.29) is 56.6 Å². The molecule has 3 fully saturated rings. The van der Waals surface area contributed by atoms with Crippen molar-refractivity contribution in [3.8, 4) is 0 Å². The Morgan fingerprint density at radius 1 is 0.871 bits per heavy atom. The van der Waals surface area contributed by atoms with Gasteiger partial charge in [-0.2, -0.15) is 0 Å². The number of rotatable bonds is 14. The fraction of sp³-hybridized carbons (Fsp3) is 0.870. The Morgan fingerprint density at radius 3 is 2.03 bits per heavy atom. The van der Waals surface area contributed by atoms with Gasteiger partial charge >= 0.3 is 17.9 Å². The summed E-state index contributed by atoms with van der Waals surface area (Å²) in [6.07, 6.45) is -7.27. The molecule has 18 atom stereocenters. The van der Waals surface area contributed by atoms with Gasteiger partial charge in [-0.3, -0.25) is 19.2 Å². The van der Waals surface area contributed by atoms with Crippen LogP contribution in [0.3, 0.4) is 0 Å². The van der Waals surface area contributed by atoms with Crippen molar-refractivity contribution in [3.63, 3.8) is 0 Å². The van der Waals surface area contributed by atoms with Crippen LogP contribution in [0.2, 0.25) is 0 Å². The fourth-order valence-corrected chi connectivity index (χ4v) is 9.56. The summed E-state index contributed by atoms with van der Waals surface area (Å²) in [5.74, 6) is -5.73. The van der Waals surface area contributed by atoms with Crippen LogP contribution in [0.5, 0.6) is 0 Å². The number of hydrogen-bond acceptors (Lipinski definition) is 16. The molecule has 62 heavy (non-hydrogen) atoms. The molecule has 0 unspecified atom stereocenters. The molecule has 16 heteroatoms. The topological polar surface area (TPSA) is 195 Å². The lowest BCUT2D eigenvalue weighted by atomic mass is 9.73. The molecule has 2 N–H and O–H groups in total. The van der Waals surface area contributed by atoms with Crippen LogP contribution >= 0.6 is 0 Å². The van der Waals surface area contributed by atoms with Crippen molar-refractivity contribution in [2.45, 2.75) is 206 Å². The van der Waals surface area contributed by atoms with Gasteiger partial charge < -0.3 is 57.7 Å². The van der Waals surface area contributed by atoms with Crippen LogP contribution in [0, 0.1) is 23.7 Å². The van der Waals surface area contributed by atoms with Gasteiger partial charge in [0.1, 0.15) is 23.1 Å². The number of esters is 3. The Bertz CT molecular complexity index is 1510. The van der Waals surface area contributed by atoms with Gasteiger partial charge in [-0.05, 0) is 74.9 Å². The molecule has 3 aliphatic heterocycles. The molecule has 0 amide bonds. The summed E-state index contributed by atoms with van der Waals surface area (Å²) in [5, 5.41) is 23.5. The molecule has 0 aliphatic carbocycles. The summed E-state index contributed by atoms with van der Waals surface area (Å²) in [6, 6.07) is -0.311. The quantitative estimate of drug-likeness (QED) is 0.136. The number of ether oxygens (including phenoxy) is 9. The summed E-state index contributed by atoms with van der Waals surface area (Å²) in [5.41, 5.74) is -4.47. The van der Waals surface area contributed by atoms with E-state index in [4.69, 9.17) is 42.6 Å². The van der Waals surface area contributed by atoms with Crippen molar-refractivity contribution in [1.29, 1.82) is 0 Å². The highest BCUT2D eigenvalue weighted by atomic mass is 16.7. The monoisotopic (exact) mass is 886 g/mol. The van der Waals surface area contributed by atoms with Crippen LogP contribution in [-0.4, -0.2) is 151 Å². The summed E-state index contributed by atoms with van der Waals surface area (Å²) in [4.78, 5) is 56.4. The zero-order valence-electron chi connectivity index (χ0n) is 40.0. The molecular weight excluding hydrogens is 806 g/mol. The number of aliphatic hydroxyl groups excluding tert-OH is 1. The Labute approximate surface area is 369 Å². The molecular formula is C46H79NO15. The number of hydrogen-bond donors (Lipinski definition) is 2. The van der Waals surface area contributed by atoms with Crippen LogP contribution in [0.25, 0.3) is 0 Å². The minimum atomic E-state index is -2.02. The van der Waals surface area contributed by atoms with E-state index in [1.165, 1.54) is 14.0 Å². The number of nitrogens with zero attached hydrogens (tertiary/aromatic N) is 1. The Kier molecular flexibility index (Phi) is 19.6. The molecule has 0 aromatic carbocycles. The third-order valence-electron chi connectivity index (χ3n) is 13.4. The molecule has 3 heterocycles. The summed E-state index contributed by atoms with van der Waals surface area (Å²) in [7, 11) is 5.30. The lowest BCUT2D eigenvalue weighted by molar-refractivity contribution is -0.321. The zero-order chi connectivity index (χ0) is 47.1. The number of ketones is 1. The van der Waals surface area contributed by atoms with Gasteiger partial charge in [0, 0.05) is 44.1 Å². The van der Waals surface area contributed by atoms with Gasteiger partial charge in [0.2, 0.25) is 0 Å². The van der Waals surface area contributed by atoms with Gasteiger partial charge in [0.05, 0.1) is 54.7 Å². The molecule has 0 aromatic heterocycles. The number of cyclic esters (lactones) is 1. The Hall–Kier alpha value is -2.54. The average molecular weight is 886 g/mol. The first kappa shape index (κ1) is 53.8. The van der Waals surface area contributed by atoms with E-state index in [0.29, 0.717) is 6.42 Å². The smallest absolute Gasteiger partial charge is 0.311 e. The predicted molar refractivity (Wildman–Crippen MR) is 229 cm³/mol. The summed E-state index contributed by atoms with van der Waals surface area (Å²) < 4.78 is 57.7. The maximum atomic E-state index is 14.5. The van der Waals surface area contributed by atoms with Crippen LogP contribution in [-0.2, 0) is 61.8 Å². The first-order chi connectivity index (χ1) is 28.8. The van der Waals surface area contributed by atoms with Crippen molar-refractivity contribution in [3.05, 3.63) is 12.7 Å². The second-order valence-corrected chi connectivity index (χ2v) is 18.7. The van der Waals surface area contributed by atoms with Crippen molar-refractivity contribution < 1.29 is 72.0 Å². The standard InChI is InChI=1S/C46H79NO15/c1-17-21-55-45(12)23-25(5)36(50)27(7)39(51)46(13,53)32(18-2)58-42(52)29(9)37(61-35-24-44(11,54-16)41(30(10)57-35)60-34(49)20-4)28(8)40(45)62-43-38(59-33(48)19-3)31(47(14)15)22-26(6)56-43/h17,25-32,35,37-41,43,51,53H,1,18-24H2,2-16H3/t25-,26-,27-,28+,29-,30+,31+,32+,35+,37+,38-,39-,40-,41+,43+,44-,45+,46-/m1/s1. The van der Waals surface area contributed by atoms with E-state index in [9.17, 15) is 29.4 Å². The highest BCUT2D eigenvalue weighted by molar-refractivity contribution is 5.83. The van der Waals surface area contributed by atoms with Crippen molar-refractivity contribution in [1.82, 2.24) is 4.90 Å². The number of methoxy groups -OCH3 is 1. The molecule has 0 radical (unpaired) electrons. The molecule has 16 nitrogen and oxygen atoms in total. The maximum absolute atomic E-state index is 14.5. The van der Waals surface area contributed by atoms with Gasteiger partial charge in [-0.15, -0.1) is 6.58 Å². The first-order valence-electron chi connectivity index (χ1n) is 22.5. The zero-order valence-corrected chi connectivity index (χ0v) is 40.0. The normalized spacial score (nSPS) is 42.7. The summed E-state index contributed by atoms with van der Waals surface area (Å²) in [6.45, 7) is 24.4. The predicted octanol–water partition coefficient (Wildman–Crippen LogP) is 4.92. The maximum Gasteiger partial charge on any atom is 0.311 e. The van der Waals surface area contributed by atoms with E-state index in [1.807, 2.05) is 32.8 Å². The number of carbonyl (C=O) groups excluding carboxylic acids is 4. The van der Waals surface area contributed by atoms with Crippen LogP contribution < -0.4 is 0 Å². The van der Waals surface area contributed by atoms with Crippen molar-refractivity contribution in [2.75, 3.05) is 27.8 Å². The average Bonchev–Trinajstić information content (AvgIpc) is 3.22. The molecule has 0 aromatic rings. The largest absolute Gasteiger partial charge is 0.459 e. The molecule has 3 aliphatic rings. The third kappa shape index (κ3) is 12.4. The number of likely N-dealkylation sites (N-methyl/N-ethyl adjacent to an activating group) is 1. The van der Waals surface area contributed by atoms with Gasteiger partial charge in [-0.1, -0.05) is 47.6 Å². The lowest BCUT2D eigenvalue weighted by Gasteiger charge is -2.50. The van der Waals surface area contributed by atoms with Gasteiger partial charge in [-0.25, -0.2) is 0 Å². The minimum Gasteiger partial charge on any atom is -0.459 e.